The molecule has 1 fully saturated rings. The van der Waals surface area contributed by atoms with Crippen molar-refractivity contribution in [3.05, 3.63) is 0 Å². The third-order valence-electron chi connectivity index (χ3n) is 0.827. The molecule has 1 aliphatic rings. The summed E-state index contributed by atoms with van der Waals surface area (Å²) in [5.41, 5.74) is 0. The fraction of sp³-hybridized carbons (Fsp3) is 1.00. The van der Waals surface area contributed by atoms with Crippen LogP contribution < -0.4 is 6.15 Å². The highest BCUT2D eigenvalue weighted by molar-refractivity contribution is 5.75. The van der Waals surface area contributed by atoms with Gasteiger partial charge in [0.15, 0.2) is 0 Å². The minimum atomic E-state index is 0. The predicted molar refractivity (Wildman–Crippen MR) is 35.0 cm³/mol. The molecule has 0 aromatic carbocycles. The van der Waals surface area contributed by atoms with E-state index in [1.807, 2.05) is 0 Å². The van der Waals surface area contributed by atoms with Crippen LogP contribution in [-0.4, -0.2) is 21.6 Å². The Bertz CT molecular complexity index is 23.3. The molecular formula is C4H14BNO. The van der Waals surface area contributed by atoms with Gasteiger partial charge in [-0.2, -0.15) is 0 Å². The maximum Gasteiger partial charge on any atom is 0.0814 e. The third-order valence-corrected chi connectivity index (χ3v) is 0.827. The second-order valence-electron chi connectivity index (χ2n) is 1.32. The number of ether oxygens (including phenoxy) is 1. The molecule has 0 unspecified atom stereocenters. The second kappa shape index (κ2) is 5.98. The van der Waals surface area contributed by atoms with E-state index in [1.165, 1.54) is 12.8 Å². The van der Waals surface area contributed by atoms with E-state index in [9.17, 15) is 0 Å². The number of hydrogen-bond donors (Lipinski definition) is 1. The highest BCUT2D eigenvalue weighted by Crippen LogP contribution is 1.98. The van der Waals surface area contributed by atoms with E-state index in [2.05, 4.69) is 0 Å². The molecule has 0 radical (unpaired) electrons. The summed E-state index contributed by atoms with van der Waals surface area (Å²) < 4.78 is 4.94. The molecule has 1 rings (SSSR count). The molecule has 0 bridgehead atoms. The van der Waals surface area contributed by atoms with Crippen LogP contribution in [0.1, 0.15) is 12.8 Å². The average molecular weight is 103 g/mol. The fourth-order valence-corrected chi connectivity index (χ4v) is 0.510. The summed E-state index contributed by atoms with van der Waals surface area (Å²) in [6.07, 6.45) is 2.56. The van der Waals surface area contributed by atoms with E-state index < -0.39 is 0 Å². The lowest BCUT2D eigenvalue weighted by molar-refractivity contribution is 0.198. The van der Waals surface area contributed by atoms with Gasteiger partial charge in [-0.05, 0) is 12.8 Å². The zero-order valence-corrected chi connectivity index (χ0v) is 3.94. The van der Waals surface area contributed by atoms with Crippen LogP contribution in [-0.2, 0) is 4.74 Å². The van der Waals surface area contributed by atoms with Crippen LogP contribution in [0.2, 0.25) is 0 Å². The summed E-state index contributed by atoms with van der Waals surface area (Å²) >= 11 is 0. The highest BCUT2D eigenvalue weighted by atomic mass is 16.5. The van der Waals surface area contributed by atoms with Gasteiger partial charge in [-0.25, -0.2) is 0 Å². The molecular weight excluding hydrogens is 88.9 g/mol. The second-order valence-corrected chi connectivity index (χ2v) is 1.32. The maximum atomic E-state index is 4.94. The van der Waals surface area contributed by atoms with E-state index in [0.29, 0.717) is 0 Å². The Hall–Kier alpha value is -0.0151. The van der Waals surface area contributed by atoms with Crippen molar-refractivity contribution in [2.45, 2.75) is 12.8 Å². The Kier molecular flexibility index (Phi) is 8.61. The van der Waals surface area contributed by atoms with Crippen LogP contribution >= 0.6 is 0 Å². The van der Waals surface area contributed by atoms with Gasteiger partial charge in [-0.15, -0.1) is 0 Å². The van der Waals surface area contributed by atoms with Gasteiger partial charge in [-0.3, -0.25) is 0 Å². The van der Waals surface area contributed by atoms with Crippen LogP contribution in [0, 0.1) is 0 Å². The van der Waals surface area contributed by atoms with Crippen LogP contribution in [0.5, 0.6) is 0 Å². The van der Waals surface area contributed by atoms with Crippen molar-refractivity contribution in [1.29, 1.82) is 0 Å². The molecule has 0 saturated carbocycles. The molecule has 7 heavy (non-hydrogen) atoms. The Morgan fingerprint density at radius 2 is 1.43 bits per heavy atom. The first kappa shape index (κ1) is 10.1. The van der Waals surface area contributed by atoms with E-state index in [4.69, 9.17) is 4.74 Å². The average Bonchev–Trinajstić information content (AvgIpc) is 1.76. The quantitative estimate of drug-likeness (QED) is 0.430. The maximum absolute atomic E-state index is 4.94. The molecule has 0 spiro atoms. The Labute approximate surface area is 46.4 Å². The molecule has 0 atom stereocenters. The standard InChI is InChI=1S/C4H8O.BH3.H3N/c1-2-4-5-3-1;;/h1-4H2;2*1H3. The summed E-state index contributed by atoms with van der Waals surface area (Å²) in [5, 5.41) is 0. The van der Waals surface area contributed by atoms with Gasteiger partial charge in [-0.1, -0.05) is 0 Å². The molecule has 1 heterocycles. The van der Waals surface area contributed by atoms with Crippen LogP contribution in [0.15, 0.2) is 0 Å². The molecule has 0 aliphatic carbocycles. The monoisotopic (exact) mass is 103 g/mol. The zero-order chi connectivity index (χ0) is 3.54. The van der Waals surface area contributed by atoms with Crippen LogP contribution in [0.4, 0.5) is 0 Å². The minimum absolute atomic E-state index is 0. The lowest BCUT2D eigenvalue weighted by atomic mass is 10.4. The van der Waals surface area contributed by atoms with Gasteiger partial charge in [0.25, 0.3) is 0 Å². The van der Waals surface area contributed by atoms with E-state index in [1.54, 1.807) is 0 Å². The van der Waals surface area contributed by atoms with Gasteiger partial charge < -0.3 is 10.9 Å². The molecule has 0 aromatic rings. The topological polar surface area (TPSA) is 44.2 Å². The lowest BCUT2D eigenvalue weighted by Crippen LogP contribution is -1.74. The SMILES string of the molecule is B.C1CCOC1.N. The fourth-order valence-electron chi connectivity index (χ4n) is 0.510. The van der Waals surface area contributed by atoms with Crippen molar-refractivity contribution in [2.75, 3.05) is 13.2 Å². The summed E-state index contributed by atoms with van der Waals surface area (Å²) in [5.74, 6) is 0. The third kappa shape index (κ3) is 3.82. The Morgan fingerprint density at radius 1 is 1.00 bits per heavy atom. The van der Waals surface area contributed by atoms with Crippen molar-refractivity contribution in [2.24, 2.45) is 0 Å². The summed E-state index contributed by atoms with van der Waals surface area (Å²) in [6.45, 7) is 2.00. The van der Waals surface area contributed by atoms with Gasteiger partial charge >= 0.3 is 0 Å². The number of rotatable bonds is 0. The first-order valence-electron chi connectivity index (χ1n) is 2.08. The smallest absolute Gasteiger partial charge is 0.0814 e. The van der Waals surface area contributed by atoms with Gasteiger partial charge in [0, 0.05) is 13.2 Å². The normalized spacial score (nSPS) is 17.1. The van der Waals surface area contributed by atoms with E-state index in [-0.39, 0.29) is 14.6 Å². The van der Waals surface area contributed by atoms with E-state index >= 15 is 0 Å². The van der Waals surface area contributed by atoms with Gasteiger partial charge in [0.1, 0.15) is 0 Å². The molecule has 1 aliphatic heterocycles. The Morgan fingerprint density at radius 3 is 1.57 bits per heavy atom. The molecule has 0 aromatic heterocycles. The molecule has 0 amide bonds. The van der Waals surface area contributed by atoms with Crippen molar-refractivity contribution in [1.82, 2.24) is 6.15 Å². The van der Waals surface area contributed by atoms with E-state index in [0.717, 1.165) is 13.2 Å². The molecule has 44 valence electrons. The van der Waals surface area contributed by atoms with Crippen molar-refractivity contribution in [3.8, 4) is 0 Å². The summed E-state index contributed by atoms with van der Waals surface area (Å²) in [4.78, 5) is 0. The van der Waals surface area contributed by atoms with Crippen LogP contribution in [0.3, 0.4) is 0 Å². The molecule has 2 nitrogen and oxygen atoms in total. The largest absolute Gasteiger partial charge is 0.381 e. The van der Waals surface area contributed by atoms with Crippen molar-refractivity contribution < 1.29 is 4.74 Å². The van der Waals surface area contributed by atoms with Gasteiger partial charge in [0.2, 0.25) is 0 Å². The summed E-state index contributed by atoms with van der Waals surface area (Å²) in [7, 11) is 0. The minimum Gasteiger partial charge on any atom is -0.381 e. The molecule has 3 N–H and O–H groups in total. The van der Waals surface area contributed by atoms with Gasteiger partial charge in [0.05, 0.1) is 8.41 Å². The predicted octanol–water partition coefficient (Wildman–Crippen LogP) is -0.225. The molecule has 1 saturated heterocycles. The highest BCUT2D eigenvalue weighted by Gasteiger charge is 1.94. The molecule has 3 heteroatoms. The first-order chi connectivity index (χ1) is 2.50. The zero-order valence-electron chi connectivity index (χ0n) is 3.94. The lowest BCUT2D eigenvalue weighted by Gasteiger charge is -1.76. The summed E-state index contributed by atoms with van der Waals surface area (Å²) in [6, 6.07) is 0. The first-order valence-corrected chi connectivity index (χ1v) is 2.08. The van der Waals surface area contributed by atoms with Crippen molar-refractivity contribution >= 4 is 8.41 Å². The van der Waals surface area contributed by atoms with Crippen LogP contribution in [0.25, 0.3) is 0 Å². The number of hydrogen-bond acceptors (Lipinski definition) is 2. The Balaban J connectivity index is 0. The van der Waals surface area contributed by atoms with Crippen molar-refractivity contribution in [3.63, 3.8) is 0 Å².